The number of hydrogen-bond donors (Lipinski definition) is 14. The van der Waals surface area contributed by atoms with Gasteiger partial charge in [0.2, 0.25) is 11.8 Å². The molecule has 23 nitrogen and oxygen atoms in total. The van der Waals surface area contributed by atoms with E-state index in [-0.39, 0.29) is 18.9 Å². The zero-order chi connectivity index (χ0) is 71.8. The molecule has 2 amide bonds. The Morgan fingerprint density at radius 3 is 1.38 bits per heavy atom. The van der Waals surface area contributed by atoms with Crippen LogP contribution in [-0.4, -0.2) is 215 Å². The third-order valence-corrected chi connectivity index (χ3v) is 20.0. The maximum atomic E-state index is 13.5. The Balaban J connectivity index is 1.54. The van der Waals surface area contributed by atoms with Gasteiger partial charge < -0.3 is 100 Å². The van der Waals surface area contributed by atoms with Crippen molar-refractivity contribution >= 4 is 17.8 Å². The molecular formula is C75H140N2O21. The number of carboxylic acid groups (broad SMARTS) is 1. The molecule has 3 saturated heterocycles. The molecule has 0 radical (unpaired) electrons. The van der Waals surface area contributed by atoms with Crippen molar-refractivity contribution < 1.29 is 104 Å². The number of nitrogens with one attached hydrogen (secondary N) is 2. The second-order valence-electron chi connectivity index (χ2n) is 28.6. The highest BCUT2D eigenvalue weighted by atomic mass is 16.8. The van der Waals surface area contributed by atoms with Gasteiger partial charge >= 0.3 is 5.97 Å². The summed E-state index contributed by atoms with van der Waals surface area (Å²) < 4.78 is 35.0. The molecule has 0 aromatic rings. The van der Waals surface area contributed by atoms with Crippen molar-refractivity contribution in [3.05, 3.63) is 12.2 Å². The van der Waals surface area contributed by atoms with Gasteiger partial charge in [0.25, 0.3) is 5.79 Å². The number of aliphatic carboxylic acids is 1. The molecule has 0 bridgehead atoms. The first-order chi connectivity index (χ1) is 47.4. The van der Waals surface area contributed by atoms with Gasteiger partial charge in [0, 0.05) is 19.8 Å². The number of ether oxygens (including phenoxy) is 6. The van der Waals surface area contributed by atoms with Crippen LogP contribution in [0.1, 0.15) is 310 Å². The van der Waals surface area contributed by atoms with E-state index < -0.39 is 148 Å². The van der Waals surface area contributed by atoms with Gasteiger partial charge in [-0.3, -0.25) is 9.59 Å². The number of aliphatic hydroxyl groups is 11. The number of carboxylic acids is 1. The van der Waals surface area contributed by atoms with Crippen LogP contribution in [0.5, 0.6) is 0 Å². The van der Waals surface area contributed by atoms with Crippen LogP contribution in [0.4, 0.5) is 0 Å². The third-order valence-electron chi connectivity index (χ3n) is 20.0. The molecule has 23 heteroatoms. The van der Waals surface area contributed by atoms with Crippen molar-refractivity contribution in [2.75, 3.05) is 26.4 Å². The fourth-order valence-electron chi connectivity index (χ4n) is 13.8. The van der Waals surface area contributed by atoms with E-state index in [1.54, 1.807) is 0 Å². The van der Waals surface area contributed by atoms with E-state index in [1.807, 2.05) is 0 Å². The summed E-state index contributed by atoms with van der Waals surface area (Å²) in [6.45, 7) is 2.25. The summed E-state index contributed by atoms with van der Waals surface area (Å²) in [6, 6.07) is -2.53. The molecule has 0 aromatic carbocycles. The summed E-state index contributed by atoms with van der Waals surface area (Å²) >= 11 is 0. The second-order valence-corrected chi connectivity index (χ2v) is 28.6. The minimum Gasteiger partial charge on any atom is -0.477 e. The highest BCUT2D eigenvalue weighted by Gasteiger charge is 2.60. The summed E-state index contributed by atoms with van der Waals surface area (Å²) in [5.74, 6) is -6.10. The Labute approximate surface area is 588 Å². The van der Waals surface area contributed by atoms with Gasteiger partial charge in [0.1, 0.15) is 67.1 Å². The SMILES string of the molecule is CCCCCCCCCCCC/C=C\CCCCCCCCCC(=O)NC(COC1OC(CO)C(OC2OC(CO)C(O)C(OC3(C(=O)O)CC(O)C(NC(C)=O)C(C(O)C(O)CO)O3)C2O)C(O)C1O)C(O)CCCCCCCCCCCCCCCCCCCCCCCCC. The fourth-order valence-corrected chi connectivity index (χ4v) is 13.8. The van der Waals surface area contributed by atoms with Crippen LogP contribution in [0, 0.1) is 0 Å². The van der Waals surface area contributed by atoms with Gasteiger partial charge in [-0.2, -0.15) is 0 Å². The second kappa shape index (κ2) is 55.0. The van der Waals surface area contributed by atoms with Gasteiger partial charge in [-0.25, -0.2) is 4.79 Å². The molecule has 0 spiro atoms. The van der Waals surface area contributed by atoms with Crippen LogP contribution in [0.25, 0.3) is 0 Å². The minimum atomic E-state index is -3.08. The van der Waals surface area contributed by atoms with Gasteiger partial charge in [-0.1, -0.05) is 264 Å². The predicted octanol–water partition coefficient (Wildman–Crippen LogP) is 9.41. The van der Waals surface area contributed by atoms with Crippen LogP contribution in [0.15, 0.2) is 12.2 Å². The van der Waals surface area contributed by atoms with E-state index in [0.717, 1.165) is 84.0 Å². The summed E-state index contributed by atoms with van der Waals surface area (Å²) in [7, 11) is 0. The van der Waals surface area contributed by atoms with E-state index in [9.17, 15) is 75.7 Å². The van der Waals surface area contributed by atoms with Gasteiger partial charge in [-0.05, 0) is 38.5 Å². The highest BCUT2D eigenvalue weighted by Crippen LogP contribution is 2.39. The van der Waals surface area contributed by atoms with Crippen molar-refractivity contribution in [3.8, 4) is 0 Å². The lowest BCUT2D eigenvalue weighted by molar-refractivity contribution is -0.386. The summed E-state index contributed by atoms with van der Waals surface area (Å²) in [6.07, 6.45) is 27.7. The maximum absolute atomic E-state index is 13.5. The molecule has 3 rings (SSSR count). The normalized spacial score (nSPS) is 27.3. The molecule has 14 N–H and O–H groups in total. The lowest BCUT2D eigenvalue weighted by Crippen LogP contribution is -2.70. The van der Waals surface area contributed by atoms with Crippen LogP contribution >= 0.6 is 0 Å². The average Bonchev–Trinajstić information content (AvgIpc) is 0.756. The molecule has 3 aliphatic heterocycles. The van der Waals surface area contributed by atoms with E-state index in [0.29, 0.717) is 19.3 Å². The number of unbranched alkanes of at least 4 members (excludes halogenated alkanes) is 39. The molecular weight excluding hydrogens is 1260 g/mol. The Morgan fingerprint density at radius 2 is 0.949 bits per heavy atom. The number of hydrogen-bond acceptors (Lipinski definition) is 20. The molecule has 18 unspecified atom stereocenters. The number of allylic oxidation sites excluding steroid dienone is 2. The number of carbonyl (C=O) groups excluding carboxylic acids is 2. The Morgan fingerprint density at radius 1 is 0.520 bits per heavy atom. The predicted molar refractivity (Wildman–Crippen MR) is 375 cm³/mol. The monoisotopic (exact) mass is 1400 g/mol. The minimum absolute atomic E-state index is 0.221. The van der Waals surface area contributed by atoms with E-state index in [4.69, 9.17) is 28.4 Å². The Hall–Kier alpha value is -2.53. The Bertz CT molecular complexity index is 2010. The Kier molecular flexibility index (Phi) is 50.4. The summed E-state index contributed by atoms with van der Waals surface area (Å²) in [4.78, 5) is 38.7. The molecule has 3 fully saturated rings. The lowest BCUT2D eigenvalue weighted by Gasteiger charge is -2.50. The molecule has 18 atom stereocenters. The molecule has 98 heavy (non-hydrogen) atoms. The van der Waals surface area contributed by atoms with Crippen LogP contribution < -0.4 is 10.6 Å². The molecule has 3 aliphatic rings. The smallest absolute Gasteiger partial charge is 0.364 e. The van der Waals surface area contributed by atoms with Gasteiger partial charge in [-0.15, -0.1) is 0 Å². The summed E-state index contributed by atoms with van der Waals surface area (Å²) in [5.41, 5.74) is 0. The largest absolute Gasteiger partial charge is 0.477 e. The number of carbonyl (C=O) groups is 3. The van der Waals surface area contributed by atoms with Crippen molar-refractivity contribution in [2.45, 2.75) is 420 Å². The van der Waals surface area contributed by atoms with Gasteiger partial charge in [0.05, 0.1) is 50.7 Å². The van der Waals surface area contributed by atoms with Crippen molar-refractivity contribution in [1.29, 1.82) is 0 Å². The lowest BCUT2D eigenvalue weighted by atomic mass is 9.88. The van der Waals surface area contributed by atoms with Gasteiger partial charge in [0.15, 0.2) is 12.6 Å². The first-order valence-corrected chi connectivity index (χ1v) is 39.0. The molecule has 0 aliphatic carbocycles. The molecule has 576 valence electrons. The third kappa shape index (κ3) is 35.8. The average molecular weight is 1410 g/mol. The van der Waals surface area contributed by atoms with Crippen molar-refractivity contribution in [1.82, 2.24) is 10.6 Å². The fraction of sp³-hybridized carbons (Fsp3) is 0.933. The van der Waals surface area contributed by atoms with Crippen molar-refractivity contribution in [3.63, 3.8) is 0 Å². The zero-order valence-electron chi connectivity index (χ0n) is 60.7. The van der Waals surface area contributed by atoms with E-state index >= 15 is 0 Å². The van der Waals surface area contributed by atoms with Crippen molar-refractivity contribution in [2.24, 2.45) is 0 Å². The maximum Gasteiger partial charge on any atom is 0.364 e. The quantitative estimate of drug-likeness (QED) is 0.0199. The molecule has 3 heterocycles. The van der Waals surface area contributed by atoms with Crippen LogP contribution in [0.2, 0.25) is 0 Å². The first kappa shape index (κ1) is 89.7. The topological polar surface area (TPSA) is 373 Å². The number of aliphatic hydroxyl groups excluding tert-OH is 11. The van der Waals surface area contributed by atoms with E-state index in [2.05, 4.69) is 36.6 Å². The summed E-state index contributed by atoms with van der Waals surface area (Å²) in [5, 5.41) is 136. The van der Waals surface area contributed by atoms with Crippen LogP contribution in [0.3, 0.4) is 0 Å². The van der Waals surface area contributed by atoms with Crippen LogP contribution in [-0.2, 0) is 42.8 Å². The number of rotatable bonds is 61. The molecule has 0 aromatic heterocycles. The molecule has 0 saturated carbocycles. The zero-order valence-corrected chi connectivity index (χ0v) is 60.7. The van der Waals surface area contributed by atoms with E-state index in [1.165, 1.54) is 180 Å². The first-order valence-electron chi connectivity index (χ1n) is 39.0. The number of amides is 2. The standard InChI is InChI=1S/C75H140N2O21/c1-4-6-8-10-12-14-16-18-20-22-24-26-27-29-30-32-34-36-38-40-42-44-46-48-57(82)56(77-62(85)49-47-45-43-41-39-37-35-33-31-28-25-23-21-19-17-15-13-11-9-7-5-2)54-93-72-67(89)66(88)69(61(53-80)95-72)96-73-68(90)71(65(87)60(52-79)94-73)98-75(74(91)92)50-58(83)63(76-55(3)81)70(97-75)64(86)59(84)51-78/h28,31,56-61,63-73,78-80,82-84,86-90H,4-27,29-30,32-54H2,1-3H3,(H,76,81)(H,77,85)(H,91,92)/b31-28-. The highest BCUT2D eigenvalue weighted by molar-refractivity contribution is 5.77.